The van der Waals surface area contributed by atoms with Crippen LogP contribution in [0.1, 0.15) is 17.3 Å². The molecular weight excluding hydrogens is 330 g/mol. The molecule has 7 nitrogen and oxygen atoms in total. The van der Waals surface area contributed by atoms with Crippen LogP contribution in [0.25, 0.3) is 22.3 Å². The van der Waals surface area contributed by atoms with Gasteiger partial charge in [0.1, 0.15) is 12.4 Å². The van der Waals surface area contributed by atoms with Crippen LogP contribution in [-0.2, 0) is 17.7 Å². The number of benzene rings is 1. The van der Waals surface area contributed by atoms with Gasteiger partial charge < -0.3 is 13.8 Å². The molecule has 0 atom stereocenters. The van der Waals surface area contributed by atoms with Gasteiger partial charge in [0.2, 0.25) is 5.89 Å². The minimum Gasteiger partial charge on any atom is -0.384 e. The predicted molar refractivity (Wildman–Crippen MR) is 96.7 cm³/mol. The number of imidazole rings is 1. The average molecular weight is 349 g/mol. The Morgan fingerprint density at radius 3 is 2.96 bits per heavy atom. The van der Waals surface area contributed by atoms with Gasteiger partial charge in [0.15, 0.2) is 5.82 Å². The number of hydrogen-bond donors (Lipinski definition) is 0. The number of nitrogens with zero attached hydrogens (tertiary/aromatic N) is 5. The molecule has 7 heteroatoms. The number of pyridine rings is 1. The van der Waals surface area contributed by atoms with Crippen molar-refractivity contribution in [2.75, 3.05) is 13.7 Å². The Morgan fingerprint density at radius 2 is 2.08 bits per heavy atom. The van der Waals surface area contributed by atoms with E-state index >= 15 is 0 Å². The lowest BCUT2D eigenvalue weighted by Gasteiger charge is -2.09. The summed E-state index contributed by atoms with van der Waals surface area (Å²) in [7, 11) is 1.65. The van der Waals surface area contributed by atoms with Crippen molar-refractivity contribution < 1.29 is 9.26 Å². The van der Waals surface area contributed by atoms with Crippen LogP contribution >= 0.6 is 0 Å². The number of methoxy groups -OCH3 is 1. The number of hydrogen-bond acceptors (Lipinski definition) is 6. The topological polar surface area (TPSA) is 78.9 Å². The number of ether oxygens (including phenoxy) is 1. The van der Waals surface area contributed by atoms with Crippen LogP contribution in [-0.4, -0.2) is 38.4 Å². The van der Waals surface area contributed by atoms with Gasteiger partial charge in [0, 0.05) is 43.1 Å². The third-order valence-electron chi connectivity index (χ3n) is 4.27. The van der Waals surface area contributed by atoms with Gasteiger partial charge >= 0.3 is 0 Å². The van der Waals surface area contributed by atoms with E-state index in [2.05, 4.69) is 45.2 Å². The lowest BCUT2D eigenvalue weighted by Crippen LogP contribution is -2.03. The highest BCUT2D eigenvalue weighted by atomic mass is 16.5. The Morgan fingerprint density at radius 1 is 1.15 bits per heavy atom. The van der Waals surface area contributed by atoms with Crippen LogP contribution < -0.4 is 0 Å². The molecule has 0 saturated carbocycles. The maximum atomic E-state index is 5.35. The van der Waals surface area contributed by atoms with Crippen LogP contribution in [0.3, 0.4) is 0 Å². The predicted octanol–water partition coefficient (Wildman–Crippen LogP) is 3.03. The summed E-state index contributed by atoms with van der Waals surface area (Å²) in [5.74, 6) is 2.04. The van der Waals surface area contributed by atoms with Crippen LogP contribution in [0.4, 0.5) is 0 Å². The zero-order valence-electron chi connectivity index (χ0n) is 14.7. The third-order valence-corrected chi connectivity index (χ3v) is 4.27. The van der Waals surface area contributed by atoms with Gasteiger partial charge in [0.25, 0.3) is 0 Å². The van der Waals surface area contributed by atoms with Crippen molar-refractivity contribution in [1.82, 2.24) is 24.7 Å². The van der Waals surface area contributed by atoms with E-state index in [0.717, 1.165) is 27.9 Å². The van der Waals surface area contributed by atoms with Gasteiger partial charge in [0.05, 0.1) is 12.1 Å². The Bertz CT molecular complexity index is 1040. The Kier molecular flexibility index (Phi) is 4.45. The fraction of sp³-hybridized carbons (Fsp3) is 0.263. The average Bonchev–Trinajstić information content (AvgIpc) is 3.31. The fourth-order valence-corrected chi connectivity index (χ4v) is 2.98. The van der Waals surface area contributed by atoms with Crippen molar-refractivity contribution >= 4 is 10.9 Å². The van der Waals surface area contributed by atoms with Gasteiger partial charge in [-0.3, -0.25) is 4.98 Å². The third kappa shape index (κ3) is 3.09. The lowest BCUT2D eigenvalue weighted by molar-refractivity contribution is 0.199. The van der Waals surface area contributed by atoms with Gasteiger partial charge in [-0.25, -0.2) is 4.98 Å². The summed E-state index contributed by atoms with van der Waals surface area (Å²) in [6.07, 6.45) is 6.13. The van der Waals surface area contributed by atoms with Crippen molar-refractivity contribution in [3.8, 4) is 11.4 Å². The first kappa shape index (κ1) is 16.4. The highest BCUT2D eigenvalue weighted by Gasteiger charge is 2.14. The van der Waals surface area contributed by atoms with E-state index in [4.69, 9.17) is 9.26 Å². The van der Waals surface area contributed by atoms with E-state index in [9.17, 15) is 0 Å². The second-order valence-electron chi connectivity index (χ2n) is 6.06. The van der Waals surface area contributed by atoms with Crippen molar-refractivity contribution in [3.63, 3.8) is 0 Å². The molecule has 0 aliphatic heterocycles. The molecule has 0 bridgehead atoms. The van der Waals surface area contributed by atoms with Crippen molar-refractivity contribution in [1.29, 1.82) is 0 Å². The summed E-state index contributed by atoms with van der Waals surface area (Å²) in [6.45, 7) is 3.09. The molecular formula is C19H19N5O2. The molecule has 1 aromatic carbocycles. The Labute approximate surface area is 150 Å². The van der Waals surface area contributed by atoms with Gasteiger partial charge in [-0.1, -0.05) is 23.4 Å². The lowest BCUT2D eigenvalue weighted by atomic mass is 10.0. The molecule has 3 aromatic heterocycles. The molecule has 0 fully saturated rings. The molecule has 132 valence electrons. The first-order chi connectivity index (χ1) is 12.8. The van der Waals surface area contributed by atoms with E-state index in [1.807, 2.05) is 23.0 Å². The van der Waals surface area contributed by atoms with Crippen molar-refractivity contribution in [2.45, 2.75) is 19.9 Å². The number of aryl methyl sites for hydroxylation is 1. The van der Waals surface area contributed by atoms with Gasteiger partial charge in [-0.2, -0.15) is 4.98 Å². The van der Waals surface area contributed by atoms with E-state index < -0.39 is 0 Å². The zero-order chi connectivity index (χ0) is 17.9. The number of aromatic nitrogens is 5. The van der Waals surface area contributed by atoms with Crippen molar-refractivity contribution in [2.24, 2.45) is 0 Å². The molecule has 0 N–H and O–H groups in total. The standard InChI is InChI=1S/C19H19N5O2/c1-13-5-6-15(14-4-3-8-20-18(13)14)19-21-9-10-24(19)12-17-22-16(23-26-17)7-11-25-2/h3-6,8-10H,7,11-12H2,1-2H3. The normalized spacial score (nSPS) is 11.3. The van der Waals surface area contributed by atoms with E-state index in [1.54, 1.807) is 13.3 Å². The monoisotopic (exact) mass is 349 g/mol. The molecule has 0 aliphatic carbocycles. The second kappa shape index (κ2) is 7.05. The van der Waals surface area contributed by atoms with E-state index in [0.29, 0.717) is 31.3 Å². The number of fused-ring (bicyclic) bond motifs is 1. The highest BCUT2D eigenvalue weighted by Crippen LogP contribution is 2.28. The summed E-state index contributed by atoms with van der Waals surface area (Å²) in [5.41, 5.74) is 3.16. The molecule has 4 rings (SSSR count). The first-order valence-corrected chi connectivity index (χ1v) is 8.42. The summed E-state index contributed by atoms with van der Waals surface area (Å²) in [4.78, 5) is 13.5. The van der Waals surface area contributed by atoms with E-state index in [-0.39, 0.29) is 0 Å². The maximum absolute atomic E-state index is 5.35. The minimum atomic E-state index is 0.463. The SMILES string of the molecule is COCCc1noc(Cn2ccnc2-c2ccc(C)c3ncccc23)n1. The minimum absolute atomic E-state index is 0.463. The summed E-state index contributed by atoms with van der Waals surface area (Å²) >= 11 is 0. The molecule has 4 aromatic rings. The Hall–Kier alpha value is -3.06. The molecule has 3 heterocycles. The number of rotatable bonds is 6. The molecule has 0 unspecified atom stereocenters. The smallest absolute Gasteiger partial charge is 0.246 e. The molecule has 0 saturated heterocycles. The summed E-state index contributed by atoms with van der Waals surface area (Å²) in [5, 5.41) is 5.06. The molecule has 0 radical (unpaired) electrons. The highest BCUT2D eigenvalue weighted by molar-refractivity contribution is 5.94. The molecule has 0 spiro atoms. The molecule has 0 amide bonds. The van der Waals surface area contributed by atoms with Gasteiger partial charge in [-0.15, -0.1) is 0 Å². The Balaban J connectivity index is 1.68. The molecule has 26 heavy (non-hydrogen) atoms. The first-order valence-electron chi connectivity index (χ1n) is 8.42. The van der Waals surface area contributed by atoms with E-state index in [1.165, 1.54) is 0 Å². The maximum Gasteiger partial charge on any atom is 0.246 e. The second-order valence-corrected chi connectivity index (χ2v) is 6.06. The van der Waals surface area contributed by atoms with Crippen LogP contribution in [0.15, 0.2) is 47.4 Å². The summed E-state index contributed by atoms with van der Waals surface area (Å²) in [6, 6.07) is 8.16. The zero-order valence-corrected chi connectivity index (χ0v) is 14.7. The van der Waals surface area contributed by atoms with Crippen LogP contribution in [0, 0.1) is 6.92 Å². The largest absolute Gasteiger partial charge is 0.384 e. The quantitative estimate of drug-likeness (QED) is 0.532. The summed E-state index contributed by atoms with van der Waals surface area (Å²) < 4.78 is 12.4. The molecule has 0 aliphatic rings. The van der Waals surface area contributed by atoms with Crippen LogP contribution in [0.2, 0.25) is 0 Å². The van der Waals surface area contributed by atoms with Crippen LogP contribution in [0.5, 0.6) is 0 Å². The van der Waals surface area contributed by atoms with Gasteiger partial charge in [-0.05, 0) is 18.6 Å². The fourth-order valence-electron chi connectivity index (χ4n) is 2.98. The van der Waals surface area contributed by atoms with Crippen molar-refractivity contribution in [3.05, 3.63) is 60.1 Å².